The molecule has 1 aromatic carbocycles. The van der Waals surface area contributed by atoms with Crippen molar-refractivity contribution in [1.82, 2.24) is 0 Å². The van der Waals surface area contributed by atoms with Crippen LogP contribution in [0.5, 0.6) is 0 Å². The second-order valence-electron chi connectivity index (χ2n) is 3.37. The summed E-state index contributed by atoms with van der Waals surface area (Å²) in [5.74, 6) is 0. The van der Waals surface area contributed by atoms with Gasteiger partial charge in [-0.2, -0.15) is 0 Å². The van der Waals surface area contributed by atoms with Crippen molar-refractivity contribution in [3.63, 3.8) is 0 Å². The molecule has 2 N–H and O–H groups in total. The van der Waals surface area contributed by atoms with Crippen LogP contribution in [0.2, 0.25) is 0 Å². The number of rotatable bonds is 6. The number of anilines is 2. The summed E-state index contributed by atoms with van der Waals surface area (Å²) in [4.78, 5) is 2.30. The van der Waals surface area contributed by atoms with Gasteiger partial charge in [-0.25, -0.2) is 0 Å². The minimum Gasteiger partial charge on any atom is -0.395 e. The highest BCUT2D eigenvalue weighted by molar-refractivity contribution is 5.54. The molecule has 0 saturated heterocycles. The van der Waals surface area contributed by atoms with Crippen molar-refractivity contribution in [3.05, 3.63) is 24.3 Å². The summed E-state index contributed by atoms with van der Waals surface area (Å²) in [6.07, 6.45) is 0. The molecule has 1 rings (SSSR count). The van der Waals surface area contributed by atoms with Crippen molar-refractivity contribution >= 4 is 11.4 Å². The Balaban J connectivity index is 2.62. The van der Waals surface area contributed by atoms with Crippen molar-refractivity contribution in [1.29, 1.82) is 0 Å². The average molecular weight is 208 g/mol. The van der Waals surface area contributed by atoms with Crippen LogP contribution in [0.1, 0.15) is 13.8 Å². The Hall–Kier alpha value is -1.22. The molecule has 0 atom stereocenters. The minimum absolute atomic E-state index is 0.164. The van der Waals surface area contributed by atoms with Crippen molar-refractivity contribution in [3.8, 4) is 0 Å². The molecule has 0 aliphatic carbocycles. The van der Waals surface area contributed by atoms with Crippen LogP contribution in [-0.2, 0) is 0 Å². The van der Waals surface area contributed by atoms with Gasteiger partial charge in [0, 0.05) is 31.0 Å². The molecule has 84 valence electrons. The second-order valence-corrected chi connectivity index (χ2v) is 3.37. The Morgan fingerprint density at radius 2 is 1.73 bits per heavy atom. The van der Waals surface area contributed by atoms with E-state index in [4.69, 9.17) is 5.11 Å². The van der Waals surface area contributed by atoms with Gasteiger partial charge in [-0.05, 0) is 38.1 Å². The third-order valence-corrected chi connectivity index (χ3v) is 2.44. The third kappa shape index (κ3) is 3.44. The molecule has 0 saturated carbocycles. The lowest BCUT2D eigenvalue weighted by Crippen LogP contribution is -2.21. The SMILES string of the molecule is CCN(CC)c1ccc(NCCO)cc1. The summed E-state index contributed by atoms with van der Waals surface area (Å²) in [6.45, 7) is 7.13. The Morgan fingerprint density at radius 3 is 2.20 bits per heavy atom. The molecule has 0 bridgehead atoms. The summed E-state index contributed by atoms with van der Waals surface area (Å²) in [5.41, 5.74) is 2.30. The van der Waals surface area contributed by atoms with E-state index in [-0.39, 0.29) is 6.61 Å². The van der Waals surface area contributed by atoms with Crippen LogP contribution in [0.3, 0.4) is 0 Å². The molecule has 0 fully saturated rings. The smallest absolute Gasteiger partial charge is 0.0604 e. The topological polar surface area (TPSA) is 35.5 Å². The van der Waals surface area contributed by atoms with Gasteiger partial charge in [-0.1, -0.05) is 0 Å². The molecule has 0 heterocycles. The van der Waals surface area contributed by atoms with E-state index < -0.39 is 0 Å². The molecule has 15 heavy (non-hydrogen) atoms. The fourth-order valence-corrected chi connectivity index (χ4v) is 1.58. The van der Waals surface area contributed by atoms with Crippen LogP contribution >= 0.6 is 0 Å². The average Bonchev–Trinajstić information content (AvgIpc) is 2.29. The van der Waals surface area contributed by atoms with Gasteiger partial charge in [0.25, 0.3) is 0 Å². The van der Waals surface area contributed by atoms with Gasteiger partial charge in [-0.3, -0.25) is 0 Å². The number of hydrogen-bond donors (Lipinski definition) is 2. The lowest BCUT2D eigenvalue weighted by Gasteiger charge is -2.21. The van der Waals surface area contributed by atoms with Crippen molar-refractivity contribution in [2.45, 2.75) is 13.8 Å². The number of nitrogens with one attached hydrogen (secondary N) is 1. The predicted molar refractivity (Wildman–Crippen MR) is 65.6 cm³/mol. The summed E-state index contributed by atoms with van der Waals surface area (Å²) in [7, 11) is 0. The van der Waals surface area contributed by atoms with Crippen LogP contribution in [0, 0.1) is 0 Å². The van der Waals surface area contributed by atoms with Gasteiger partial charge >= 0.3 is 0 Å². The maximum atomic E-state index is 8.68. The Morgan fingerprint density at radius 1 is 1.13 bits per heavy atom. The number of hydrogen-bond acceptors (Lipinski definition) is 3. The fraction of sp³-hybridized carbons (Fsp3) is 0.500. The van der Waals surface area contributed by atoms with Gasteiger partial charge in [0.05, 0.1) is 6.61 Å². The number of benzene rings is 1. The lowest BCUT2D eigenvalue weighted by molar-refractivity contribution is 0.311. The molecule has 0 aliphatic heterocycles. The summed E-state index contributed by atoms with van der Waals surface area (Å²) < 4.78 is 0. The van der Waals surface area contributed by atoms with Crippen molar-refractivity contribution in [2.75, 3.05) is 36.5 Å². The monoisotopic (exact) mass is 208 g/mol. The highest BCUT2D eigenvalue weighted by Crippen LogP contribution is 2.17. The molecule has 3 nitrogen and oxygen atoms in total. The first kappa shape index (κ1) is 11.9. The first-order valence-corrected chi connectivity index (χ1v) is 5.51. The molecule has 0 spiro atoms. The molecule has 0 radical (unpaired) electrons. The van der Waals surface area contributed by atoms with E-state index in [1.807, 2.05) is 12.1 Å². The van der Waals surface area contributed by atoms with Gasteiger partial charge in [0.2, 0.25) is 0 Å². The van der Waals surface area contributed by atoms with Crippen LogP contribution in [0.4, 0.5) is 11.4 Å². The van der Waals surface area contributed by atoms with E-state index >= 15 is 0 Å². The largest absolute Gasteiger partial charge is 0.395 e. The van der Waals surface area contributed by atoms with Crippen LogP contribution in [0.25, 0.3) is 0 Å². The van der Waals surface area contributed by atoms with Gasteiger partial charge < -0.3 is 15.3 Å². The summed E-state index contributed by atoms with van der Waals surface area (Å²) in [6, 6.07) is 8.30. The zero-order valence-corrected chi connectivity index (χ0v) is 9.53. The zero-order chi connectivity index (χ0) is 11.1. The summed E-state index contributed by atoms with van der Waals surface area (Å²) in [5, 5.41) is 11.8. The Bertz CT molecular complexity index is 267. The van der Waals surface area contributed by atoms with Gasteiger partial charge in [-0.15, -0.1) is 0 Å². The minimum atomic E-state index is 0.164. The van der Waals surface area contributed by atoms with Gasteiger partial charge in [0.1, 0.15) is 0 Å². The fourth-order valence-electron chi connectivity index (χ4n) is 1.58. The Kier molecular flexibility index (Phi) is 4.98. The zero-order valence-electron chi connectivity index (χ0n) is 9.53. The molecule has 0 aliphatic rings. The molecule has 1 aromatic rings. The highest BCUT2D eigenvalue weighted by Gasteiger charge is 2.00. The maximum absolute atomic E-state index is 8.68. The molecular formula is C12H20N2O. The first-order valence-electron chi connectivity index (χ1n) is 5.51. The molecule has 0 unspecified atom stereocenters. The Labute approximate surface area is 91.7 Å². The van der Waals surface area contributed by atoms with E-state index in [2.05, 4.69) is 36.2 Å². The van der Waals surface area contributed by atoms with E-state index in [0.717, 1.165) is 18.8 Å². The second kappa shape index (κ2) is 6.30. The summed E-state index contributed by atoms with van der Waals surface area (Å²) >= 11 is 0. The predicted octanol–water partition coefficient (Wildman–Crippen LogP) is 1.94. The number of aliphatic hydroxyl groups is 1. The van der Waals surface area contributed by atoms with E-state index in [9.17, 15) is 0 Å². The number of aliphatic hydroxyl groups excluding tert-OH is 1. The first-order chi connectivity index (χ1) is 7.31. The van der Waals surface area contributed by atoms with E-state index in [0.29, 0.717) is 6.54 Å². The van der Waals surface area contributed by atoms with E-state index in [1.54, 1.807) is 0 Å². The third-order valence-electron chi connectivity index (χ3n) is 2.44. The molecule has 0 aromatic heterocycles. The number of nitrogens with zero attached hydrogens (tertiary/aromatic N) is 1. The van der Waals surface area contributed by atoms with E-state index in [1.165, 1.54) is 5.69 Å². The highest BCUT2D eigenvalue weighted by atomic mass is 16.3. The normalized spacial score (nSPS) is 10.1. The van der Waals surface area contributed by atoms with Crippen molar-refractivity contribution in [2.24, 2.45) is 0 Å². The lowest BCUT2D eigenvalue weighted by atomic mass is 10.2. The standard InChI is InChI=1S/C12H20N2O/c1-3-14(4-2)12-7-5-11(6-8-12)13-9-10-15/h5-8,13,15H,3-4,9-10H2,1-2H3. The van der Waals surface area contributed by atoms with Crippen LogP contribution in [0.15, 0.2) is 24.3 Å². The van der Waals surface area contributed by atoms with Crippen LogP contribution < -0.4 is 10.2 Å². The van der Waals surface area contributed by atoms with Crippen LogP contribution in [-0.4, -0.2) is 31.3 Å². The molecular weight excluding hydrogens is 188 g/mol. The molecule has 0 amide bonds. The van der Waals surface area contributed by atoms with Gasteiger partial charge in [0.15, 0.2) is 0 Å². The molecule has 3 heteroatoms. The quantitative estimate of drug-likeness (QED) is 0.750. The van der Waals surface area contributed by atoms with Crippen molar-refractivity contribution < 1.29 is 5.11 Å². The maximum Gasteiger partial charge on any atom is 0.0604 e.